The summed E-state index contributed by atoms with van der Waals surface area (Å²) in [6.07, 6.45) is 0. The number of methoxy groups -OCH3 is 1. The molecule has 17 heavy (non-hydrogen) atoms. The molecule has 1 aromatic heterocycles. The van der Waals surface area contributed by atoms with Crippen LogP contribution in [0.5, 0.6) is 5.88 Å². The van der Waals surface area contributed by atoms with Crippen molar-refractivity contribution in [1.82, 2.24) is 9.78 Å². The molecule has 0 amide bonds. The van der Waals surface area contributed by atoms with Crippen LogP contribution in [0.4, 0.5) is 5.82 Å². The molecule has 6 heteroatoms. The molecule has 1 aromatic rings. The monoisotopic (exact) mass is 254 g/mol. The Labute approximate surface area is 106 Å². The Morgan fingerprint density at radius 3 is 2.82 bits per heavy atom. The number of hydrogen-bond donors (Lipinski definition) is 1. The number of aliphatic imine (C=N–C) groups is 1. The van der Waals surface area contributed by atoms with E-state index in [-0.39, 0.29) is 5.41 Å². The van der Waals surface area contributed by atoms with Crippen molar-refractivity contribution in [2.45, 2.75) is 13.8 Å². The average molecular weight is 254 g/mol. The molecule has 5 nitrogen and oxygen atoms in total. The standard InChI is InChI=1S/C11H18N4OS/c1-11(2)6-12-10(17-7-11)13-8-5-9(16-4)15(3)14-8/h5H,6-7H2,1-4H3,(H,12,13,14). The second-order valence-corrected chi connectivity index (χ2v) is 5.86. The van der Waals surface area contributed by atoms with E-state index >= 15 is 0 Å². The second-order valence-electron chi connectivity index (χ2n) is 4.89. The van der Waals surface area contributed by atoms with Crippen molar-refractivity contribution in [1.29, 1.82) is 0 Å². The highest BCUT2D eigenvalue weighted by Gasteiger charge is 2.23. The minimum absolute atomic E-state index is 0.289. The van der Waals surface area contributed by atoms with Crippen molar-refractivity contribution in [3.05, 3.63) is 6.07 Å². The maximum absolute atomic E-state index is 5.16. The molecule has 0 unspecified atom stereocenters. The summed E-state index contributed by atoms with van der Waals surface area (Å²) in [5.74, 6) is 2.58. The number of hydrogen-bond acceptors (Lipinski definition) is 5. The molecule has 0 bridgehead atoms. The summed E-state index contributed by atoms with van der Waals surface area (Å²) in [6, 6.07) is 1.86. The first-order chi connectivity index (χ1) is 8.00. The number of aryl methyl sites for hydroxylation is 1. The van der Waals surface area contributed by atoms with E-state index in [1.54, 1.807) is 23.6 Å². The van der Waals surface area contributed by atoms with Gasteiger partial charge in [-0.1, -0.05) is 25.6 Å². The minimum Gasteiger partial charge on any atom is -0.481 e. The lowest BCUT2D eigenvalue weighted by atomic mass is 9.97. The van der Waals surface area contributed by atoms with E-state index in [4.69, 9.17) is 4.74 Å². The van der Waals surface area contributed by atoms with Gasteiger partial charge in [0.2, 0.25) is 5.88 Å². The maximum Gasteiger partial charge on any atom is 0.213 e. The second kappa shape index (κ2) is 4.60. The van der Waals surface area contributed by atoms with Crippen LogP contribution in [0.25, 0.3) is 0 Å². The van der Waals surface area contributed by atoms with Crippen molar-refractivity contribution in [3.63, 3.8) is 0 Å². The van der Waals surface area contributed by atoms with Crippen molar-refractivity contribution >= 4 is 22.7 Å². The quantitative estimate of drug-likeness (QED) is 0.876. The SMILES string of the molecule is COc1cc(NC2=NCC(C)(C)CS2)nn1C. The predicted octanol–water partition coefficient (Wildman–Crippen LogP) is 1.97. The summed E-state index contributed by atoms with van der Waals surface area (Å²) in [4.78, 5) is 4.52. The molecule has 2 rings (SSSR count). The Balaban J connectivity index is 2.04. The van der Waals surface area contributed by atoms with Crippen LogP contribution in [0.2, 0.25) is 0 Å². The molecule has 0 aliphatic carbocycles. The van der Waals surface area contributed by atoms with Gasteiger partial charge < -0.3 is 10.1 Å². The van der Waals surface area contributed by atoms with Gasteiger partial charge in [-0.25, -0.2) is 4.68 Å². The summed E-state index contributed by atoms with van der Waals surface area (Å²) in [5.41, 5.74) is 0.289. The van der Waals surface area contributed by atoms with E-state index < -0.39 is 0 Å². The van der Waals surface area contributed by atoms with E-state index in [1.807, 2.05) is 13.1 Å². The lowest BCUT2D eigenvalue weighted by Gasteiger charge is -2.26. The summed E-state index contributed by atoms with van der Waals surface area (Å²) >= 11 is 1.74. The fourth-order valence-corrected chi connectivity index (χ4v) is 2.48. The molecule has 0 radical (unpaired) electrons. The van der Waals surface area contributed by atoms with E-state index in [0.717, 1.165) is 29.2 Å². The normalized spacial score (nSPS) is 18.7. The highest BCUT2D eigenvalue weighted by atomic mass is 32.2. The van der Waals surface area contributed by atoms with Crippen LogP contribution in [0.1, 0.15) is 13.8 Å². The predicted molar refractivity (Wildman–Crippen MR) is 71.9 cm³/mol. The number of nitrogens with one attached hydrogen (secondary N) is 1. The van der Waals surface area contributed by atoms with Crippen molar-refractivity contribution in [2.75, 3.05) is 24.7 Å². The zero-order chi connectivity index (χ0) is 12.5. The molecule has 0 aromatic carbocycles. The lowest BCUT2D eigenvalue weighted by molar-refractivity contribution is 0.373. The topological polar surface area (TPSA) is 51.4 Å². The van der Waals surface area contributed by atoms with E-state index in [0.29, 0.717) is 0 Å². The first kappa shape index (κ1) is 12.3. The largest absolute Gasteiger partial charge is 0.481 e. The number of anilines is 1. The lowest BCUT2D eigenvalue weighted by Crippen LogP contribution is -2.27. The van der Waals surface area contributed by atoms with Crippen molar-refractivity contribution < 1.29 is 4.74 Å². The molecule has 1 aliphatic rings. The number of thioether (sulfide) groups is 1. The third-order valence-corrected chi connectivity index (χ3v) is 3.96. The molecule has 0 fully saturated rings. The fourth-order valence-electron chi connectivity index (χ4n) is 1.53. The molecular formula is C11H18N4OS. The van der Waals surface area contributed by atoms with Gasteiger partial charge in [0.15, 0.2) is 11.0 Å². The Bertz CT molecular complexity index is 439. The first-order valence-corrected chi connectivity index (χ1v) is 6.51. The Hall–Kier alpha value is -1.17. The minimum atomic E-state index is 0.289. The van der Waals surface area contributed by atoms with Gasteiger partial charge in [0.25, 0.3) is 0 Å². The smallest absolute Gasteiger partial charge is 0.213 e. The zero-order valence-corrected chi connectivity index (χ0v) is 11.5. The van der Waals surface area contributed by atoms with Gasteiger partial charge in [-0.15, -0.1) is 0 Å². The van der Waals surface area contributed by atoms with Gasteiger partial charge in [-0.05, 0) is 5.41 Å². The van der Waals surface area contributed by atoms with Crippen LogP contribution in [0.3, 0.4) is 0 Å². The highest BCUT2D eigenvalue weighted by molar-refractivity contribution is 8.14. The molecular weight excluding hydrogens is 236 g/mol. The molecule has 0 atom stereocenters. The molecule has 94 valence electrons. The molecule has 0 saturated heterocycles. The van der Waals surface area contributed by atoms with Crippen LogP contribution in [-0.2, 0) is 7.05 Å². The Morgan fingerprint density at radius 2 is 2.29 bits per heavy atom. The maximum atomic E-state index is 5.16. The van der Waals surface area contributed by atoms with Crippen molar-refractivity contribution in [2.24, 2.45) is 17.5 Å². The highest BCUT2D eigenvalue weighted by Crippen LogP contribution is 2.28. The van der Waals surface area contributed by atoms with Gasteiger partial charge >= 0.3 is 0 Å². The summed E-state index contributed by atoms with van der Waals surface area (Å²) in [7, 11) is 3.49. The average Bonchev–Trinajstić information content (AvgIpc) is 2.62. The van der Waals surface area contributed by atoms with E-state index in [2.05, 4.69) is 29.3 Å². The van der Waals surface area contributed by atoms with Crippen LogP contribution >= 0.6 is 11.8 Å². The number of ether oxygens (including phenoxy) is 1. The third-order valence-electron chi connectivity index (χ3n) is 2.53. The molecule has 1 aliphatic heterocycles. The van der Waals surface area contributed by atoms with Gasteiger partial charge in [-0.3, -0.25) is 4.99 Å². The fraction of sp³-hybridized carbons (Fsp3) is 0.636. The van der Waals surface area contributed by atoms with Crippen molar-refractivity contribution in [3.8, 4) is 5.88 Å². The summed E-state index contributed by atoms with van der Waals surface area (Å²) < 4.78 is 6.86. The molecule has 1 N–H and O–H groups in total. The third kappa shape index (κ3) is 2.94. The number of rotatable bonds is 2. The Kier molecular flexibility index (Phi) is 3.33. The van der Waals surface area contributed by atoms with E-state index in [9.17, 15) is 0 Å². The molecule has 0 saturated carbocycles. The molecule has 2 heterocycles. The van der Waals surface area contributed by atoms with E-state index in [1.165, 1.54) is 0 Å². The zero-order valence-electron chi connectivity index (χ0n) is 10.6. The molecule has 0 spiro atoms. The summed E-state index contributed by atoms with van der Waals surface area (Å²) in [5, 5.41) is 8.45. The first-order valence-electron chi connectivity index (χ1n) is 5.52. The van der Waals surface area contributed by atoms with Crippen LogP contribution < -0.4 is 10.1 Å². The van der Waals surface area contributed by atoms with Crippen LogP contribution in [0.15, 0.2) is 11.1 Å². The van der Waals surface area contributed by atoms with Gasteiger partial charge in [0.05, 0.1) is 7.11 Å². The number of amidine groups is 1. The van der Waals surface area contributed by atoms with Gasteiger partial charge in [-0.2, -0.15) is 5.10 Å². The Morgan fingerprint density at radius 1 is 1.53 bits per heavy atom. The number of nitrogens with zero attached hydrogens (tertiary/aromatic N) is 3. The van der Waals surface area contributed by atoms with Gasteiger partial charge in [0.1, 0.15) is 0 Å². The number of aromatic nitrogens is 2. The van der Waals surface area contributed by atoms with Crippen LogP contribution in [-0.4, -0.2) is 34.4 Å². The van der Waals surface area contributed by atoms with Crippen LogP contribution in [0, 0.1) is 5.41 Å². The van der Waals surface area contributed by atoms with Gasteiger partial charge in [0, 0.05) is 25.4 Å². The summed E-state index contributed by atoms with van der Waals surface area (Å²) in [6.45, 7) is 5.31.